The largest absolute Gasteiger partial charge is 0.550 e. The number of hydrogen-bond acceptors (Lipinski definition) is 8. The van der Waals surface area contributed by atoms with E-state index in [1.165, 1.54) is 11.3 Å². The Morgan fingerprint density at radius 3 is 2.39 bits per heavy atom. The number of methoxy groups -OCH3 is 1. The molecule has 2 heterocycles. The first-order valence-electron chi connectivity index (χ1n) is 13.6. The SMILES string of the molecule is COc1cc(N2CCC(N(C)C)CC2)ccc1-c1csc(CNC(=O)C2(CC(=O)[O-])Cc3cc(F)c(F)cc3C2)n1. The third-order valence-electron chi connectivity index (χ3n) is 8.24. The number of thiazole rings is 1. The molecule has 1 N–H and O–H groups in total. The fourth-order valence-corrected chi connectivity index (χ4v) is 6.71. The number of nitrogens with zero attached hydrogens (tertiary/aromatic N) is 3. The normalized spacial score (nSPS) is 16.6. The summed E-state index contributed by atoms with van der Waals surface area (Å²) in [7, 11) is 5.87. The van der Waals surface area contributed by atoms with Gasteiger partial charge in [0.15, 0.2) is 11.6 Å². The lowest BCUT2D eigenvalue weighted by molar-refractivity contribution is -0.307. The molecule has 1 aromatic heterocycles. The zero-order valence-electron chi connectivity index (χ0n) is 23.3. The highest BCUT2D eigenvalue weighted by molar-refractivity contribution is 7.09. The number of aromatic nitrogens is 1. The van der Waals surface area contributed by atoms with Gasteiger partial charge in [-0.3, -0.25) is 4.79 Å². The molecule has 0 bridgehead atoms. The number of fused-ring (bicyclic) bond motifs is 1. The van der Waals surface area contributed by atoms with Crippen LogP contribution in [0.2, 0.25) is 0 Å². The van der Waals surface area contributed by atoms with Gasteiger partial charge in [0.1, 0.15) is 10.8 Å². The van der Waals surface area contributed by atoms with Crippen LogP contribution in [0.4, 0.5) is 14.5 Å². The van der Waals surface area contributed by atoms with Crippen molar-refractivity contribution in [1.29, 1.82) is 0 Å². The van der Waals surface area contributed by atoms with Gasteiger partial charge in [-0.05, 0) is 75.2 Å². The van der Waals surface area contributed by atoms with Gasteiger partial charge in [0, 0.05) is 54.2 Å². The van der Waals surface area contributed by atoms with Crippen LogP contribution in [-0.4, -0.2) is 62.1 Å². The van der Waals surface area contributed by atoms with E-state index in [4.69, 9.17) is 4.74 Å². The van der Waals surface area contributed by atoms with Gasteiger partial charge in [0.2, 0.25) is 5.91 Å². The van der Waals surface area contributed by atoms with E-state index in [0.29, 0.717) is 33.6 Å². The van der Waals surface area contributed by atoms with Crippen LogP contribution in [0, 0.1) is 17.0 Å². The average molecular weight is 584 g/mol. The monoisotopic (exact) mass is 583 g/mol. The van der Waals surface area contributed by atoms with Crippen molar-refractivity contribution in [3.63, 3.8) is 0 Å². The van der Waals surface area contributed by atoms with Gasteiger partial charge in [-0.15, -0.1) is 11.3 Å². The fourth-order valence-electron chi connectivity index (χ4n) is 5.98. The molecule has 0 unspecified atom stereocenters. The Morgan fingerprint density at radius 2 is 1.80 bits per heavy atom. The lowest BCUT2D eigenvalue weighted by Gasteiger charge is -2.36. The highest BCUT2D eigenvalue weighted by Crippen LogP contribution is 2.41. The summed E-state index contributed by atoms with van der Waals surface area (Å²) in [5.74, 6) is -3.27. The number of rotatable bonds is 9. The van der Waals surface area contributed by atoms with Crippen molar-refractivity contribution in [3.05, 3.63) is 63.5 Å². The molecular weight excluding hydrogens is 550 g/mol. The zero-order valence-corrected chi connectivity index (χ0v) is 24.2. The molecule has 1 amide bonds. The maximum Gasteiger partial charge on any atom is 0.227 e. The third-order valence-corrected chi connectivity index (χ3v) is 9.09. The van der Waals surface area contributed by atoms with Crippen LogP contribution >= 0.6 is 11.3 Å². The van der Waals surface area contributed by atoms with Crippen molar-refractivity contribution in [2.24, 2.45) is 5.41 Å². The van der Waals surface area contributed by atoms with Gasteiger partial charge in [0.05, 0.1) is 24.8 Å². The van der Waals surface area contributed by atoms with Crippen LogP contribution in [0.5, 0.6) is 5.75 Å². The maximum absolute atomic E-state index is 13.8. The minimum Gasteiger partial charge on any atom is -0.550 e. The van der Waals surface area contributed by atoms with Crippen molar-refractivity contribution < 1.29 is 28.2 Å². The number of halogens is 2. The number of carbonyl (C=O) groups is 2. The van der Waals surface area contributed by atoms with Gasteiger partial charge in [-0.1, -0.05) is 0 Å². The van der Waals surface area contributed by atoms with Gasteiger partial charge in [0.25, 0.3) is 0 Å². The van der Waals surface area contributed by atoms with Crippen LogP contribution in [0.1, 0.15) is 35.4 Å². The van der Waals surface area contributed by atoms with Crippen molar-refractivity contribution in [3.8, 4) is 17.0 Å². The number of anilines is 1. The number of carboxylic acids is 1. The second-order valence-corrected chi connectivity index (χ2v) is 12.0. The Morgan fingerprint density at radius 1 is 1.15 bits per heavy atom. The standard InChI is InChI=1S/C30H34F2N4O4S/c1-35(2)20-6-8-36(9-7-20)21-4-5-22(26(12-21)40-3)25-17-41-27(34-25)16-33-29(39)30(15-28(37)38)13-18-10-23(31)24(32)11-19(18)14-30/h4-5,10-12,17,20H,6-9,13-16H2,1-3H3,(H,33,39)(H,37,38)/p-1. The second kappa shape index (κ2) is 11.7. The molecule has 0 saturated carbocycles. The lowest BCUT2D eigenvalue weighted by atomic mass is 9.80. The molecular formula is C30H33F2N4O4S-. The predicted molar refractivity (Wildman–Crippen MR) is 151 cm³/mol. The lowest BCUT2D eigenvalue weighted by Crippen LogP contribution is -2.45. The number of aliphatic carboxylic acids is 1. The maximum atomic E-state index is 13.8. The van der Waals surface area contributed by atoms with E-state index in [9.17, 15) is 23.5 Å². The quantitative estimate of drug-likeness (QED) is 0.413. The summed E-state index contributed by atoms with van der Waals surface area (Å²) in [4.78, 5) is 34.2. The molecule has 1 aliphatic carbocycles. The van der Waals surface area contributed by atoms with Crippen molar-refractivity contribution in [2.75, 3.05) is 39.2 Å². The summed E-state index contributed by atoms with van der Waals surface area (Å²) in [5, 5.41) is 16.9. The summed E-state index contributed by atoms with van der Waals surface area (Å²) >= 11 is 1.36. The van der Waals surface area contributed by atoms with E-state index >= 15 is 0 Å². The predicted octanol–water partition coefficient (Wildman–Crippen LogP) is 3.17. The van der Waals surface area contributed by atoms with Gasteiger partial charge < -0.3 is 29.8 Å². The fraction of sp³-hybridized carbons (Fsp3) is 0.433. The minimum atomic E-state index is -1.40. The zero-order chi connectivity index (χ0) is 29.3. The highest BCUT2D eigenvalue weighted by Gasteiger charge is 2.44. The van der Waals surface area contributed by atoms with E-state index in [1.54, 1.807) is 7.11 Å². The molecule has 1 saturated heterocycles. The summed E-state index contributed by atoms with van der Waals surface area (Å²) in [6.07, 6.45) is 1.61. The third kappa shape index (κ3) is 6.06. The molecule has 41 heavy (non-hydrogen) atoms. The Balaban J connectivity index is 1.27. The van der Waals surface area contributed by atoms with E-state index in [0.717, 1.165) is 49.3 Å². The van der Waals surface area contributed by atoms with Crippen molar-refractivity contribution in [1.82, 2.24) is 15.2 Å². The second-order valence-electron chi connectivity index (χ2n) is 11.1. The molecule has 8 nitrogen and oxygen atoms in total. The Kier molecular flexibility index (Phi) is 8.28. The number of carbonyl (C=O) groups excluding carboxylic acids is 2. The molecule has 11 heteroatoms. The number of ether oxygens (including phenoxy) is 1. The molecule has 0 radical (unpaired) electrons. The molecule has 0 spiro atoms. The van der Waals surface area contributed by atoms with E-state index in [2.05, 4.69) is 40.3 Å². The summed E-state index contributed by atoms with van der Waals surface area (Å²) < 4.78 is 33.3. The first-order chi connectivity index (χ1) is 19.6. The molecule has 218 valence electrons. The first kappa shape index (κ1) is 28.9. The smallest absolute Gasteiger partial charge is 0.227 e. The van der Waals surface area contributed by atoms with E-state index in [1.807, 2.05) is 17.5 Å². The summed E-state index contributed by atoms with van der Waals surface area (Å²) in [6, 6.07) is 8.75. The van der Waals surface area contributed by atoms with Crippen molar-refractivity contribution in [2.45, 2.75) is 44.7 Å². The Hall–Kier alpha value is -3.57. The highest BCUT2D eigenvalue weighted by atomic mass is 32.1. The van der Waals surface area contributed by atoms with Crippen LogP contribution in [0.3, 0.4) is 0 Å². The Bertz CT molecular complexity index is 1420. The number of hydrogen-bond donors (Lipinski definition) is 1. The first-order valence-corrected chi connectivity index (χ1v) is 14.5. The summed E-state index contributed by atoms with van der Waals surface area (Å²) in [5.41, 5.74) is 2.10. The van der Waals surface area contributed by atoms with Gasteiger partial charge >= 0.3 is 0 Å². The summed E-state index contributed by atoms with van der Waals surface area (Å²) in [6.45, 7) is 2.03. The molecule has 1 fully saturated rings. The minimum absolute atomic E-state index is 0.0150. The Labute approximate surface area is 241 Å². The van der Waals surface area contributed by atoms with E-state index < -0.39 is 35.3 Å². The molecule has 2 aromatic carbocycles. The number of amides is 1. The number of carboxylic acid groups (broad SMARTS) is 1. The van der Waals surface area contributed by atoms with Crippen LogP contribution in [0.25, 0.3) is 11.3 Å². The van der Waals surface area contributed by atoms with Crippen LogP contribution in [-0.2, 0) is 29.0 Å². The molecule has 1 aliphatic heterocycles. The van der Waals surface area contributed by atoms with Gasteiger partial charge in [-0.25, -0.2) is 13.8 Å². The van der Waals surface area contributed by atoms with Crippen LogP contribution < -0.4 is 20.1 Å². The number of piperidine rings is 1. The van der Waals surface area contributed by atoms with E-state index in [-0.39, 0.29) is 19.4 Å². The molecule has 2 aliphatic rings. The number of nitrogens with one attached hydrogen (secondary N) is 1. The molecule has 0 atom stereocenters. The topological polar surface area (TPSA) is 97.8 Å². The number of benzene rings is 2. The van der Waals surface area contributed by atoms with Crippen molar-refractivity contribution >= 4 is 28.9 Å². The van der Waals surface area contributed by atoms with Crippen LogP contribution in [0.15, 0.2) is 35.7 Å². The average Bonchev–Trinajstić information content (AvgIpc) is 3.56. The molecule has 3 aromatic rings. The van der Waals surface area contributed by atoms with Gasteiger partial charge in [-0.2, -0.15) is 0 Å². The molecule has 5 rings (SSSR count).